The zero-order valence-electron chi connectivity index (χ0n) is 16.8. The van der Waals surface area contributed by atoms with Gasteiger partial charge in [0.15, 0.2) is 5.13 Å². The van der Waals surface area contributed by atoms with Crippen LogP contribution in [0.4, 0.5) is 10.8 Å². The molecule has 8 nitrogen and oxygen atoms in total. The van der Waals surface area contributed by atoms with Gasteiger partial charge in [-0.2, -0.15) is 0 Å². The highest BCUT2D eigenvalue weighted by molar-refractivity contribution is 7.22. The van der Waals surface area contributed by atoms with E-state index in [9.17, 15) is 24.8 Å². The van der Waals surface area contributed by atoms with Crippen LogP contribution in [0.15, 0.2) is 59.5 Å². The van der Waals surface area contributed by atoms with Crippen LogP contribution in [0.2, 0.25) is 10.0 Å². The predicted octanol–water partition coefficient (Wildman–Crippen LogP) is 6.20. The molecule has 1 fully saturated rings. The molecule has 5 rings (SSSR count). The molecule has 0 aliphatic carbocycles. The SMILES string of the molecule is O=C1C(=O)N(c2nc3ccc([N+](=O)[O-])cc3s2)C(c2cccs2)/C1=C(\O)c1ccc(Cl)c(Cl)c1. The number of amides is 1. The van der Waals surface area contributed by atoms with Gasteiger partial charge in [-0.05, 0) is 35.7 Å². The summed E-state index contributed by atoms with van der Waals surface area (Å²) >= 11 is 14.4. The number of rotatable bonds is 4. The number of aromatic nitrogens is 1. The largest absolute Gasteiger partial charge is 0.507 e. The molecule has 1 saturated heterocycles. The first-order chi connectivity index (χ1) is 16.3. The van der Waals surface area contributed by atoms with E-state index in [1.165, 1.54) is 52.6 Å². The lowest BCUT2D eigenvalue weighted by molar-refractivity contribution is -0.384. The van der Waals surface area contributed by atoms with E-state index in [4.69, 9.17) is 23.2 Å². The highest BCUT2D eigenvalue weighted by atomic mass is 35.5. The zero-order chi connectivity index (χ0) is 24.1. The summed E-state index contributed by atoms with van der Waals surface area (Å²) in [5, 5.41) is 24.7. The number of thiophene rings is 1. The number of anilines is 1. The molecule has 34 heavy (non-hydrogen) atoms. The summed E-state index contributed by atoms with van der Waals surface area (Å²) < 4.78 is 0.487. The van der Waals surface area contributed by atoms with Crippen LogP contribution in [0.25, 0.3) is 16.0 Å². The molecule has 1 N–H and O–H groups in total. The monoisotopic (exact) mass is 531 g/mol. The van der Waals surface area contributed by atoms with Gasteiger partial charge < -0.3 is 5.11 Å². The summed E-state index contributed by atoms with van der Waals surface area (Å²) in [4.78, 5) is 43.2. The van der Waals surface area contributed by atoms with Gasteiger partial charge in [0.05, 0.1) is 30.8 Å². The van der Waals surface area contributed by atoms with E-state index in [1.54, 1.807) is 17.5 Å². The van der Waals surface area contributed by atoms with E-state index < -0.39 is 28.4 Å². The Kier molecular flexibility index (Phi) is 5.61. The van der Waals surface area contributed by atoms with Crippen LogP contribution in [0.3, 0.4) is 0 Å². The smallest absolute Gasteiger partial charge is 0.301 e. The third kappa shape index (κ3) is 3.64. The Labute approximate surface area is 209 Å². The van der Waals surface area contributed by atoms with Crippen molar-refractivity contribution in [1.29, 1.82) is 0 Å². The molecule has 1 aliphatic heterocycles. The van der Waals surface area contributed by atoms with Gasteiger partial charge in [-0.3, -0.25) is 24.6 Å². The lowest BCUT2D eigenvalue weighted by Gasteiger charge is -2.21. The van der Waals surface area contributed by atoms with Crippen molar-refractivity contribution in [3.8, 4) is 0 Å². The van der Waals surface area contributed by atoms with Gasteiger partial charge in [0.2, 0.25) is 0 Å². The van der Waals surface area contributed by atoms with Crippen molar-refractivity contribution in [3.05, 3.63) is 90.1 Å². The molecule has 170 valence electrons. The van der Waals surface area contributed by atoms with Gasteiger partial charge in [0.25, 0.3) is 11.5 Å². The number of Topliss-reactive ketones (excluding diaryl/α,β-unsaturated/α-hetero) is 1. The van der Waals surface area contributed by atoms with Crippen molar-refractivity contribution in [1.82, 2.24) is 4.98 Å². The summed E-state index contributed by atoms with van der Waals surface area (Å²) in [5.41, 5.74) is 0.450. The first-order valence-electron chi connectivity index (χ1n) is 9.61. The number of aliphatic hydroxyl groups is 1. The van der Waals surface area contributed by atoms with Crippen molar-refractivity contribution in [2.24, 2.45) is 0 Å². The summed E-state index contributed by atoms with van der Waals surface area (Å²) in [6, 6.07) is 11.1. The summed E-state index contributed by atoms with van der Waals surface area (Å²) in [5.74, 6) is -2.14. The third-order valence-corrected chi connectivity index (χ3v) is 7.91. The minimum absolute atomic E-state index is 0.112. The maximum Gasteiger partial charge on any atom is 0.301 e. The topological polar surface area (TPSA) is 114 Å². The second-order valence-electron chi connectivity index (χ2n) is 7.22. The minimum Gasteiger partial charge on any atom is -0.507 e. The third-order valence-electron chi connectivity index (χ3n) is 5.23. The van der Waals surface area contributed by atoms with Gasteiger partial charge in [0.1, 0.15) is 11.8 Å². The number of carbonyl (C=O) groups is 2. The van der Waals surface area contributed by atoms with Crippen molar-refractivity contribution in [2.75, 3.05) is 4.90 Å². The van der Waals surface area contributed by atoms with Gasteiger partial charge in [-0.25, -0.2) is 4.98 Å². The number of nitro groups is 1. The van der Waals surface area contributed by atoms with Crippen molar-refractivity contribution >= 4 is 84.4 Å². The van der Waals surface area contributed by atoms with Crippen LogP contribution in [0.5, 0.6) is 0 Å². The molecule has 3 heterocycles. The molecule has 1 aliphatic rings. The lowest BCUT2D eigenvalue weighted by Crippen LogP contribution is -2.28. The van der Waals surface area contributed by atoms with E-state index in [0.717, 1.165) is 11.3 Å². The highest BCUT2D eigenvalue weighted by Gasteiger charge is 2.48. The standard InChI is InChI=1S/C22H11Cl2N3O5S2/c23-12-5-3-10(8-13(12)24)19(28)17-18(15-2-1-7-33-15)26(21(30)20(17)29)22-25-14-6-4-11(27(31)32)9-16(14)34-22/h1-9,18,28H/b19-17+. The Hall–Kier alpha value is -3.31. The van der Waals surface area contributed by atoms with Crippen LogP contribution in [-0.4, -0.2) is 26.7 Å². The van der Waals surface area contributed by atoms with E-state index >= 15 is 0 Å². The second kappa shape index (κ2) is 8.48. The van der Waals surface area contributed by atoms with Crippen molar-refractivity contribution in [3.63, 3.8) is 0 Å². The molecular weight excluding hydrogens is 521 g/mol. The summed E-state index contributed by atoms with van der Waals surface area (Å²) in [6.45, 7) is 0. The van der Waals surface area contributed by atoms with Crippen LogP contribution in [0, 0.1) is 10.1 Å². The number of non-ortho nitro benzene ring substituents is 1. The molecule has 0 spiro atoms. The Morgan fingerprint density at radius 3 is 2.59 bits per heavy atom. The van der Waals surface area contributed by atoms with E-state index in [2.05, 4.69) is 4.98 Å². The number of nitrogens with zero attached hydrogens (tertiary/aromatic N) is 3. The second-order valence-corrected chi connectivity index (χ2v) is 10.0. The first kappa shape index (κ1) is 22.5. The molecular formula is C22H11Cl2N3O5S2. The number of fused-ring (bicyclic) bond motifs is 1. The molecule has 0 saturated carbocycles. The Balaban J connectivity index is 1.69. The fraction of sp³-hybridized carbons (Fsp3) is 0.0455. The van der Waals surface area contributed by atoms with Crippen molar-refractivity contribution < 1.29 is 19.6 Å². The predicted molar refractivity (Wildman–Crippen MR) is 132 cm³/mol. The summed E-state index contributed by atoms with van der Waals surface area (Å²) in [7, 11) is 0. The first-order valence-corrected chi connectivity index (χ1v) is 12.1. The Morgan fingerprint density at radius 1 is 1.12 bits per heavy atom. The van der Waals surface area contributed by atoms with Crippen LogP contribution >= 0.6 is 45.9 Å². The maximum absolute atomic E-state index is 13.2. The van der Waals surface area contributed by atoms with Gasteiger partial charge in [-0.15, -0.1) is 11.3 Å². The maximum atomic E-state index is 13.2. The molecule has 0 radical (unpaired) electrons. The molecule has 1 atom stereocenters. The van der Waals surface area contributed by atoms with E-state index in [1.807, 2.05) is 0 Å². The number of carbonyl (C=O) groups excluding carboxylic acids is 2. The quantitative estimate of drug-likeness (QED) is 0.110. The van der Waals surface area contributed by atoms with Crippen molar-refractivity contribution in [2.45, 2.75) is 6.04 Å². The van der Waals surface area contributed by atoms with E-state index in [-0.39, 0.29) is 32.0 Å². The zero-order valence-corrected chi connectivity index (χ0v) is 19.9. The van der Waals surface area contributed by atoms with Gasteiger partial charge in [-0.1, -0.05) is 40.6 Å². The number of halogens is 2. The minimum atomic E-state index is -0.940. The number of hydrogen-bond acceptors (Lipinski definition) is 8. The number of nitro benzene ring substituents is 1. The fourth-order valence-electron chi connectivity index (χ4n) is 3.66. The molecule has 12 heteroatoms. The number of ketones is 1. The van der Waals surface area contributed by atoms with E-state index in [0.29, 0.717) is 15.1 Å². The molecule has 2 aromatic carbocycles. The average molecular weight is 532 g/mol. The average Bonchev–Trinajstić information content (AvgIpc) is 3.53. The van der Waals surface area contributed by atoms with Crippen LogP contribution in [-0.2, 0) is 9.59 Å². The molecule has 1 amide bonds. The van der Waals surface area contributed by atoms with Gasteiger partial charge >= 0.3 is 5.91 Å². The van der Waals surface area contributed by atoms with Crippen LogP contribution < -0.4 is 4.90 Å². The van der Waals surface area contributed by atoms with Crippen LogP contribution in [0.1, 0.15) is 16.5 Å². The number of hydrogen-bond donors (Lipinski definition) is 1. The Bertz CT molecular complexity index is 1530. The fourth-order valence-corrected chi connectivity index (χ4v) is 5.81. The number of thiazole rings is 1. The van der Waals surface area contributed by atoms with Gasteiger partial charge in [0, 0.05) is 22.6 Å². The molecule has 4 aromatic rings. The normalized spacial score (nSPS) is 17.6. The lowest BCUT2D eigenvalue weighted by atomic mass is 10.00. The Morgan fingerprint density at radius 2 is 1.91 bits per heavy atom. The highest BCUT2D eigenvalue weighted by Crippen LogP contribution is 2.46. The molecule has 1 unspecified atom stereocenters. The molecule has 0 bridgehead atoms. The summed E-state index contributed by atoms with van der Waals surface area (Å²) in [6.07, 6.45) is 0. The number of aliphatic hydroxyl groups excluding tert-OH is 1. The number of benzene rings is 2. The molecule has 2 aromatic heterocycles.